The van der Waals surface area contributed by atoms with Crippen LogP contribution in [-0.4, -0.2) is 24.4 Å². The first-order valence-corrected chi connectivity index (χ1v) is 8.16. The number of unbranched alkanes of at least 4 members (excludes halogenated alkanes) is 2. The maximum Gasteiger partial charge on any atom is 0.331 e. The van der Waals surface area contributed by atoms with Gasteiger partial charge in [-0.15, -0.1) is 0 Å². The van der Waals surface area contributed by atoms with Gasteiger partial charge in [0.15, 0.2) is 5.65 Å². The third kappa shape index (κ3) is 3.86. The van der Waals surface area contributed by atoms with E-state index in [0.717, 1.165) is 31.4 Å². The molecule has 0 aliphatic carbocycles. The molecular formula is C12H18N3O3P. The van der Waals surface area contributed by atoms with E-state index >= 15 is 0 Å². The first-order valence-electron chi connectivity index (χ1n) is 6.37. The van der Waals surface area contributed by atoms with Gasteiger partial charge in [0.05, 0.1) is 18.1 Å². The van der Waals surface area contributed by atoms with E-state index in [-0.39, 0.29) is 6.16 Å². The number of aromatic nitrogens is 3. The van der Waals surface area contributed by atoms with Crippen molar-refractivity contribution >= 4 is 13.2 Å². The van der Waals surface area contributed by atoms with Crippen LogP contribution in [0.2, 0.25) is 0 Å². The smallest absolute Gasteiger partial charge is 0.324 e. The minimum Gasteiger partial charge on any atom is -0.324 e. The van der Waals surface area contributed by atoms with Crippen molar-refractivity contribution in [1.82, 2.24) is 14.6 Å². The molecule has 19 heavy (non-hydrogen) atoms. The number of aryl methyl sites for hydroxylation is 1. The molecule has 0 bridgehead atoms. The predicted molar refractivity (Wildman–Crippen MR) is 72.0 cm³/mol. The van der Waals surface area contributed by atoms with Gasteiger partial charge in [-0.05, 0) is 18.9 Å². The highest BCUT2D eigenvalue weighted by Crippen LogP contribution is 2.39. The maximum atomic E-state index is 11.2. The summed E-state index contributed by atoms with van der Waals surface area (Å²) in [6.07, 6.45) is 5.38. The molecule has 2 rings (SSSR count). The van der Waals surface area contributed by atoms with Crippen molar-refractivity contribution in [3.05, 3.63) is 29.7 Å². The second-order valence-corrected chi connectivity index (χ2v) is 6.27. The van der Waals surface area contributed by atoms with Crippen LogP contribution in [0.3, 0.4) is 0 Å². The van der Waals surface area contributed by atoms with Crippen LogP contribution in [0.15, 0.2) is 18.3 Å². The van der Waals surface area contributed by atoms with E-state index in [1.54, 1.807) is 18.3 Å². The summed E-state index contributed by atoms with van der Waals surface area (Å²) in [6.45, 7) is 2.13. The molecule has 0 aliphatic heterocycles. The van der Waals surface area contributed by atoms with E-state index in [1.165, 1.54) is 4.52 Å². The second-order valence-electron chi connectivity index (χ2n) is 4.62. The van der Waals surface area contributed by atoms with Crippen molar-refractivity contribution in [1.29, 1.82) is 0 Å². The van der Waals surface area contributed by atoms with Gasteiger partial charge in [-0.25, -0.2) is 9.50 Å². The standard InChI is InChI=1S/C12H18N3O3P/c1-2-3-4-5-10-8-11(9-19(16,17)18)15-12(14-10)6-7-13-15/h6-8H,2-5,9H2,1H3,(H2,16,17,18). The third-order valence-corrected chi connectivity index (χ3v) is 3.63. The first-order chi connectivity index (χ1) is 8.99. The lowest BCUT2D eigenvalue weighted by molar-refractivity contribution is 0.370. The van der Waals surface area contributed by atoms with Crippen LogP contribution < -0.4 is 0 Å². The summed E-state index contributed by atoms with van der Waals surface area (Å²) in [6, 6.07) is 3.49. The monoisotopic (exact) mass is 283 g/mol. The van der Waals surface area contributed by atoms with Gasteiger partial charge in [0, 0.05) is 11.8 Å². The molecule has 2 aromatic heterocycles. The number of nitrogens with zero attached hydrogens (tertiary/aromatic N) is 3. The van der Waals surface area contributed by atoms with E-state index in [4.69, 9.17) is 9.79 Å². The highest BCUT2D eigenvalue weighted by molar-refractivity contribution is 7.50. The molecule has 2 heterocycles. The van der Waals surface area contributed by atoms with E-state index in [9.17, 15) is 4.57 Å². The molecule has 104 valence electrons. The van der Waals surface area contributed by atoms with E-state index in [0.29, 0.717) is 11.3 Å². The first kappa shape index (κ1) is 14.2. The van der Waals surface area contributed by atoms with Gasteiger partial charge >= 0.3 is 7.60 Å². The van der Waals surface area contributed by atoms with E-state index < -0.39 is 7.60 Å². The molecule has 6 nitrogen and oxygen atoms in total. The molecule has 0 aromatic carbocycles. The average Bonchev–Trinajstić information content (AvgIpc) is 2.75. The van der Waals surface area contributed by atoms with Gasteiger partial charge in [0.25, 0.3) is 0 Å². The minimum absolute atomic E-state index is 0.311. The normalized spacial score (nSPS) is 12.2. The van der Waals surface area contributed by atoms with Crippen molar-refractivity contribution in [3.63, 3.8) is 0 Å². The topological polar surface area (TPSA) is 87.7 Å². The fourth-order valence-electron chi connectivity index (χ4n) is 2.04. The van der Waals surface area contributed by atoms with Crippen LogP contribution in [0.4, 0.5) is 0 Å². The lowest BCUT2D eigenvalue weighted by Crippen LogP contribution is -2.04. The van der Waals surface area contributed by atoms with E-state index in [2.05, 4.69) is 17.0 Å². The molecule has 0 amide bonds. The number of hydrogen-bond donors (Lipinski definition) is 2. The van der Waals surface area contributed by atoms with E-state index in [1.807, 2.05) is 0 Å². The van der Waals surface area contributed by atoms with Gasteiger partial charge in [-0.1, -0.05) is 19.8 Å². The van der Waals surface area contributed by atoms with Crippen molar-refractivity contribution in [2.24, 2.45) is 0 Å². The molecule has 0 saturated carbocycles. The Labute approximate surface area is 111 Å². The van der Waals surface area contributed by atoms with Gasteiger partial charge in [-0.2, -0.15) is 5.10 Å². The fourth-order valence-corrected chi connectivity index (χ4v) is 2.69. The maximum absolute atomic E-state index is 11.2. The molecule has 0 spiro atoms. The van der Waals surface area contributed by atoms with Gasteiger partial charge in [-0.3, -0.25) is 4.57 Å². The predicted octanol–water partition coefficient (Wildman–Crippen LogP) is 2.14. The third-order valence-electron chi connectivity index (χ3n) is 2.89. The van der Waals surface area contributed by atoms with Gasteiger partial charge < -0.3 is 9.79 Å². The zero-order valence-corrected chi connectivity index (χ0v) is 11.8. The Morgan fingerprint density at radius 3 is 2.84 bits per heavy atom. The molecule has 0 saturated heterocycles. The minimum atomic E-state index is -4.11. The summed E-state index contributed by atoms with van der Waals surface area (Å²) >= 11 is 0. The molecule has 0 aliphatic rings. The molecule has 0 radical (unpaired) electrons. The lowest BCUT2D eigenvalue weighted by atomic mass is 10.1. The van der Waals surface area contributed by atoms with Gasteiger partial charge in [0.2, 0.25) is 0 Å². The van der Waals surface area contributed by atoms with Crippen molar-refractivity contribution in [3.8, 4) is 0 Å². The molecular weight excluding hydrogens is 265 g/mol. The van der Waals surface area contributed by atoms with Crippen molar-refractivity contribution in [2.45, 2.75) is 38.8 Å². The Morgan fingerprint density at radius 1 is 1.37 bits per heavy atom. The number of hydrogen-bond acceptors (Lipinski definition) is 3. The zero-order valence-electron chi connectivity index (χ0n) is 10.9. The summed E-state index contributed by atoms with van der Waals surface area (Å²) in [4.78, 5) is 22.7. The quantitative estimate of drug-likeness (QED) is 0.626. The van der Waals surface area contributed by atoms with Crippen molar-refractivity contribution in [2.75, 3.05) is 0 Å². The highest BCUT2D eigenvalue weighted by atomic mass is 31.2. The summed E-state index contributed by atoms with van der Waals surface area (Å²) in [5.74, 6) is 0. The van der Waals surface area contributed by atoms with Crippen LogP contribution in [0.25, 0.3) is 5.65 Å². The Morgan fingerprint density at radius 2 is 2.16 bits per heavy atom. The molecule has 0 unspecified atom stereocenters. The van der Waals surface area contributed by atoms with Crippen molar-refractivity contribution < 1.29 is 14.4 Å². The van der Waals surface area contributed by atoms with Crippen LogP contribution in [0.1, 0.15) is 37.6 Å². The lowest BCUT2D eigenvalue weighted by Gasteiger charge is -2.09. The molecule has 0 atom stereocenters. The molecule has 2 N–H and O–H groups in total. The number of rotatable bonds is 6. The molecule has 7 heteroatoms. The SMILES string of the molecule is CCCCCc1cc(CP(=O)(O)O)n2nccc2n1. The Kier molecular flexibility index (Phi) is 4.34. The highest BCUT2D eigenvalue weighted by Gasteiger charge is 2.18. The summed E-state index contributed by atoms with van der Waals surface area (Å²) in [7, 11) is -4.11. The number of fused-ring (bicyclic) bond motifs is 1. The summed E-state index contributed by atoms with van der Waals surface area (Å²) in [5, 5.41) is 4.05. The molecule has 2 aromatic rings. The Hall–Kier alpha value is -1.23. The second kappa shape index (κ2) is 5.82. The summed E-state index contributed by atoms with van der Waals surface area (Å²) in [5.41, 5.74) is 2.01. The van der Waals surface area contributed by atoms with Crippen LogP contribution >= 0.6 is 7.60 Å². The average molecular weight is 283 g/mol. The van der Waals surface area contributed by atoms with Crippen LogP contribution in [-0.2, 0) is 17.1 Å². The summed E-state index contributed by atoms with van der Waals surface area (Å²) < 4.78 is 12.7. The zero-order chi connectivity index (χ0) is 13.9. The van der Waals surface area contributed by atoms with Gasteiger partial charge in [0.1, 0.15) is 0 Å². The molecule has 0 fully saturated rings. The Bertz CT molecular complexity index is 605. The Balaban J connectivity index is 2.31. The fraction of sp³-hybridized carbons (Fsp3) is 0.500. The van der Waals surface area contributed by atoms with Crippen LogP contribution in [0.5, 0.6) is 0 Å². The van der Waals surface area contributed by atoms with Crippen LogP contribution in [0, 0.1) is 0 Å². The largest absolute Gasteiger partial charge is 0.331 e.